The highest BCUT2D eigenvalue weighted by atomic mass is 32.2. The van der Waals surface area contributed by atoms with Crippen LogP contribution in [0.3, 0.4) is 0 Å². The van der Waals surface area contributed by atoms with Crippen molar-refractivity contribution in [3.63, 3.8) is 0 Å². The van der Waals surface area contributed by atoms with Gasteiger partial charge in [-0.15, -0.1) is 0 Å². The van der Waals surface area contributed by atoms with Crippen LogP contribution in [0.2, 0.25) is 0 Å². The number of nitrogens with zero attached hydrogens (tertiary/aromatic N) is 1. The average Bonchev–Trinajstić information content (AvgIpc) is 2.16. The SMILES string of the molecule is NC(=[NH2+])SC(CN1CCCCC1)C(F)(F)F. The first-order chi connectivity index (χ1) is 7.39. The zero-order chi connectivity index (χ0) is 12.2. The van der Waals surface area contributed by atoms with Crippen LogP contribution in [0, 0.1) is 0 Å². The van der Waals surface area contributed by atoms with Gasteiger partial charge in [-0.2, -0.15) is 13.2 Å². The Kier molecular flexibility index (Phi) is 4.91. The maximum atomic E-state index is 12.7. The van der Waals surface area contributed by atoms with Gasteiger partial charge in [-0.1, -0.05) is 6.42 Å². The number of piperidine rings is 1. The van der Waals surface area contributed by atoms with E-state index in [1.807, 2.05) is 4.90 Å². The summed E-state index contributed by atoms with van der Waals surface area (Å²) in [6.07, 6.45) is -1.22. The molecular formula is C9H17F3N3S+. The zero-order valence-electron chi connectivity index (χ0n) is 8.96. The van der Waals surface area contributed by atoms with Gasteiger partial charge in [-0.25, -0.2) is 0 Å². The lowest BCUT2D eigenvalue weighted by Crippen LogP contribution is -2.48. The number of likely N-dealkylation sites (tertiary alicyclic amines) is 1. The maximum Gasteiger partial charge on any atom is 0.402 e. The second-order valence-corrected chi connectivity index (χ2v) is 5.19. The number of hydrogen-bond donors (Lipinski definition) is 2. The minimum absolute atomic E-state index is 0.0218. The second-order valence-electron chi connectivity index (χ2n) is 3.91. The molecule has 94 valence electrons. The Labute approximate surface area is 97.1 Å². The van der Waals surface area contributed by atoms with E-state index in [0.717, 1.165) is 32.4 Å². The van der Waals surface area contributed by atoms with Crippen LogP contribution in [0.25, 0.3) is 0 Å². The lowest BCUT2D eigenvalue weighted by atomic mass is 10.1. The van der Waals surface area contributed by atoms with Gasteiger partial charge in [0.05, 0.1) is 0 Å². The summed E-state index contributed by atoms with van der Waals surface area (Å²) in [6.45, 7) is 1.45. The number of hydrogen-bond acceptors (Lipinski definition) is 2. The topological polar surface area (TPSA) is 54.9 Å². The van der Waals surface area contributed by atoms with Gasteiger partial charge in [-0.05, 0) is 37.7 Å². The molecule has 0 bridgehead atoms. The van der Waals surface area contributed by atoms with Gasteiger partial charge in [0, 0.05) is 6.54 Å². The Morgan fingerprint density at radius 3 is 2.31 bits per heavy atom. The minimum atomic E-state index is -4.26. The van der Waals surface area contributed by atoms with Crippen LogP contribution in [0.4, 0.5) is 13.2 Å². The summed E-state index contributed by atoms with van der Waals surface area (Å²) >= 11 is 0.506. The molecule has 16 heavy (non-hydrogen) atoms. The first-order valence-electron chi connectivity index (χ1n) is 5.23. The minimum Gasteiger partial charge on any atom is -0.302 e. The predicted octanol–water partition coefficient (Wildman–Crippen LogP) is 0.210. The van der Waals surface area contributed by atoms with Crippen LogP contribution >= 0.6 is 11.8 Å². The Balaban J connectivity index is 2.51. The summed E-state index contributed by atoms with van der Waals surface area (Å²) in [5, 5.41) is 3.39. The van der Waals surface area contributed by atoms with E-state index in [1.54, 1.807) is 0 Å². The molecule has 7 heteroatoms. The van der Waals surface area contributed by atoms with E-state index in [-0.39, 0.29) is 11.7 Å². The van der Waals surface area contributed by atoms with Gasteiger partial charge in [-0.3, -0.25) is 11.1 Å². The van der Waals surface area contributed by atoms with Gasteiger partial charge in [0.25, 0.3) is 5.17 Å². The monoisotopic (exact) mass is 256 g/mol. The third-order valence-electron chi connectivity index (χ3n) is 2.52. The van der Waals surface area contributed by atoms with E-state index in [2.05, 4.69) is 0 Å². The normalized spacial score (nSPS) is 20.7. The first kappa shape index (κ1) is 13.6. The summed E-state index contributed by atoms with van der Waals surface area (Å²) in [5.74, 6) is 0. The van der Waals surface area contributed by atoms with E-state index < -0.39 is 11.4 Å². The molecule has 1 unspecified atom stereocenters. The molecule has 1 fully saturated rings. The van der Waals surface area contributed by atoms with E-state index >= 15 is 0 Å². The zero-order valence-corrected chi connectivity index (χ0v) is 9.78. The van der Waals surface area contributed by atoms with Gasteiger partial charge >= 0.3 is 6.18 Å². The standard InChI is InChI=1S/C9H16F3N3S/c10-9(11,12)7(16-8(13)14)6-15-4-2-1-3-5-15/h7H,1-6H2,(H3,13,14)/p+1. The van der Waals surface area contributed by atoms with Gasteiger partial charge in [0.15, 0.2) is 0 Å². The van der Waals surface area contributed by atoms with Crippen molar-refractivity contribution in [3.8, 4) is 0 Å². The molecule has 1 heterocycles. The van der Waals surface area contributed by atoms with Crippen molar-refractivity contribution in [1.29, 1.82) is 0 Å². The number of amidine groups is 1. The fraction of sp³-hybridized carbons (Fsp3) is 0.889. The van der Waals surface area contributed by atoms with E-state index in [1.165, 1.54) is 0 Å². The van der Waals surface area contributed by atoms with Crippen LogP contribution < -0.4 is 11.1 Å². The number of alkyl halides is 3. The van der Waals surface area contributed by atoms with Gasteiger partial charge < -0.3 is 4.90 Å². The average molecular weight is 256 g/mol. The van der Waals surface area contributed by atoms with Crippen molar-refractivity contribution in [2.75, 3.05) is 19.6 Å². The number of rotatable bonds is 3. The number of thioether (sulfide) groups is 1. The van der Waals surface area contributed by atoms with Crippen LogP contribution in [-0.2, 0) is 0 Å². The Bertz CT molecular complexity index is 239. The van der Waals surface area contributed by atoms with Crippen LogP contribution in [0.5, 0.6) is 0 Å². The first-order valence-corrected chi connectivity index (χ1v) is 6.11. The van der Waals surface area contributed by atoms with Crippen LogP contribution in [0.1, 0.15) is 19.3 Å². The molecule has 1 atom stereocenters. The number of halogens is 3. The summed E-state index contributed by atoms with van der Waals surface area (Å²) < 4.78 is 38.0. The highest BCUT2D eigenvalue weighted by Crippen LogP contribution is 2.31. The summed E-state index contributed by atoms with van der Waals surface area (Å²) in [4.78, 5) is 1.83. The van der Waals surface area contributed by atoms with Crippen molar-refractivity contribution < 1.29 is 18.6 Å². The Hall–Kier alpha value is -0.430. The third-order valence-corrected chi connectivity index (χ3v) is 3.49. The van der Waals surface area contributed by atoms with Crippen LogP contribution in [-0.4, -0.2) is 41.1 Å². The molecule has 4 N–H and O–H groups in total. The maximum absolute atomic E-state index is 12.7. The van der Waals surface area contributed by atoms with Gasteiger partial charge in [0.1, 0.15) is 5.25 Å². The van der Waals surface area contributed by atoms with E-state index in [4.69, 9.17) is 11.1 Å². The molecule has 1 rings (SSSR count). The van der Waals surface area contributed by atoms with E-state index in [0.29, 0.717) is 11.8 Å². The van der Waals surface area contributed by atoms with E-state index in [9.17, 15) is 13.2 Å². The lowest BCUT2D eigenvalue weighted by molar-refractivity contribution is -0.133. The van der Waals surface area contributed by atoms with Crippen LogP contribution in [0.15, 0.2) is 0 Å². The molecule has 0 radical (unpaired) electrons. The van der Waals surface area contributed by atoms with Crippen molar-refractivity contribution in [3.05, 3.63) is 0 Å². The second kappa shape index (κ2) is 5.77. The molecule has 1 aliphatic heterocycles. The van der Waals surface area contributed by atoms with Crippen molar-refractivity contribution in [2.24, 2.45) is 5.73 Å². The Morgan fingerprint density at radius 1 is 1.31 bits per heavy atom. The van der Waals surface area contributed by atoms with Crippen molar-refractivity contribution in [2.45, 2.75) is 30.7 Å². The predicted molar refractivity (Wildman–Crippen MR) is 58.8 cm³/mol. The molecule has 3 nitrogen and oxygen atoms in total. The fourth-order valence-corrected chi connectivity index (χ4v) is 2.50. The molecule has 0 aromatic rings. The van der Waals surface area contributed by atoms with Crippen molar-refractivity contribution in [1.82, 2.24) is 4.90 Å². The molecule has 0 aromatic heterocycles. The summed E-state index contributed by atoms with van der Waals surface area (Å²) in [7, 11) is 0. The molecule has 0 saturated carbocycles. The fourth-order valence-electron chi connectivity index (χ4n) is 1.75. The Morgan fingerprint density at radius 2 is 1.88 bits per heavy atom. The highest BCUT2D eigenvalue weighted by Gasteiger charge is 2.42. The van der Waals surface area contributed by atoms with Crippen molar-refractivity contribution >= 4 is 16.9 Å². The molecule has 1 saturated heterocycles. The number of nitrogens with two attached hydrogens (primary N) is 2. The highest BCUT2D eigenvalue weighted by molar-refractivity contribution is 8.14. The molecule has 0 aliphatic carbocycles. The molecule has 0 aromatic carbocycles. The quantitative estimate of drug-likeness (QED) is 0.560. The molecule has 0 amide bonds. The third kappa shape index (κ3) is 4.61. The summed E-state index contributed by atoms with van der Waals surface area (Å²) in [6, 6.07) is 0. The van der Waals surface area contributed by atoms with Gasteiger partial charge in [0.2, 0.25) is 0 Å². The summed E-state index contributed by atoms with van der Waals surface area (Å²) in [5.41, 5.74) is 5.13. The molecule has 1 aliphatic rings. The largest absolute Gasteiger partial charge is 0.402 e. The lowest BCUT2D eigenvalue weighted by Gasteiger charge is -2.30. The molecular weight excluding hydrogens is 239 g/mol. The smallest absolute Gasteiger partial charge is 0.302 e. The molecule has 0 spiro atoms.